The molecule has 0 aliphatic heterocycles. The molecule has 0 saturated heterocycles. The summed E-state index contributed by atoms with van der Waals surface area (Å²) >= 11 is 3.23. The molecule has 3 N–H and O–H groups in total. The average Bonchev–Trinajstić information content (AvgIpc) is 1.95. The van der Waals surface area contributed by atoms with Gasteiger partial charge in [-0.2, -0.15) is 0 Å². The van der Waals surface area contributed by atoms with Gasteiger partial charge in [0.05, 0.1) is 5.69 Å². The number of para-hydroxylation sites is 1. The fourth-order valence-electron chi connectivity index (χ4n) is 0.719. The molecule has 1 aromatic carbocycles. The Kier molecular flexibility index (Phi) is 2.17. The van der Waals surface area contributed by atoms with Crippen molar-refractivity contribution in [1.82, 2.24) is 0 Å². The van der Waals surface area contributed by atoms with Crippen molar-refractivity contribution in [3.05, 3.63) is 23.8 Å². The maximum atomic E-state index is 9.24. The second kappa shape index (κ2) is 2.92. The third-order valence-electron chi connectivity index (χ3n) is 1.29. The Morgan fingerprint density at radius 3 is 2.70 bits per heavy atom. The molecule has 0 radical (unpaired) electrons. The van der Waals surface area contributed by atoms with Gasteiger partial charge in [-0.3, -0.25) is 0 Å². The Morgan fingerprint density at radius 1 is 1.50 bits per heavy atom. The van der Waals surface area contributed by atoms with Crippen LogP contribution in [0.2, 0.25) is 0 Å². The van der Waals surface area contributed by atoms with Crippen molar-refractivity contribution < 1.29 is 5.11 Å². The molecule has 0 atom stereocenters. The summed E-state index contributed by atoms with van der Waals surface area (Å²) in [7, 11) is 0. The standard InChI is InChI=1S/C7H8BrNO/c8-4-5-2-1-3-6(9)7(5)10/h1-3,10H,4,9H2. The van der Waals surface area contributed by atoms with Crippen LogP contribution < -0.4 is 5.73 Å². The number of benzene rings is 1. The highest BCUT2D eigenvalue weighted by molar-refractivity contribution is 9.08. The minimum atomic E-state index is 0.180. The van der Waals surface area contributed by atoms with Crippen LogP contribution in [0.1, 0.15) is 5.56 Å². The quantitative estimate of drug-likeness (QED) is 0.414. The highest BCUT2D eigenvalue weighted by atomic mass is 79.9. The van der Waals surface area contributed by atoms with Crippen LogP contribution in [0.15, 0.2) is 18.2 Å². The van der Waals surface area contributed by atoms with E-state index in [0.717, 1.165) is 5.56 Å². The van der Waals surface area contributed by atoms with E-state index in [1.165, 1.54) is 0 Å². The van der Waals surface area contributed by atoms with Crippen LogP contribution in [0.3, 0.4) is 0 Å². The molecule has 0 unspecified atom stereocenters. The number of phenols is 1. The van der Waals surface area contributed by atoms with E-state index in [2.05, 4.69) is 15.9 Å². The van der Waals surface area contributed by atoms with Crippen LogP contribution in [-0.4, -0.2) is 5.11 Å². The van der Waals surface area contributed by atoms with Gasteiger partial charge in [0.2, 0.25) is 0 Å². The van der Waals surface area contributed by atoms with Crippen LogP contribution in [0.25, 0.3) is 0 Å². The summed E-state index contributed by atoms with van der Waals surface area (Å²) in [6.45, 7) is 0. The summed E-state index contributed by atoms with van der Waals surface area (Å²) in [5, 5.41) is 9.87. The highest BCUT2D eigenvalue weighted by Gasteiger charge is 2.00. The van der Waals surface area contributed by atoms with Crippen LogP contribution in [0.5, 0.6) is 5.75 Å². The van der Waals surface area contributed by atoms with E-state index in [9.17, 15) is 5.11 Å². The van der Waals surface area contributed by atoms with Crippen molar-refractivity contribution in [3.8, 4) is 5.75 Å². The lowest BCUT2D eigenvalue weighted by atomic mass is 10.2. The van der Waals surface area contributed by atoms with Gasteiger partial charge in [0.1, 0.15) is 5.75 Å². The molecule has 0 aliphatic carbocycles. The molecular weight excluding hydrogens is 194 g/mol. The Balaban J connectivity index is 3.14. The lowest BCUT2D eigenvalue weighted by Gasteiger charge is -2.01. The molecule has 0 heterocycles. The molecule has 10 heavy (non-hydrogen) atoms. The van der Waals surface area contributed by atoms with Crippen molar-refractivity contribution in [2.24, 2.45) is 0 Å². The lowest BCUT2D eigenvalue weighted by molar-refractivity contribution is 0.473. The summed E-state index contributed by atoms with van der Waals surface area (Å²) in [5.41, 5.74) is 6.67. The molecule has 0 fully saturated rings. The van der Waals surface area contributed by atoms with Crippen molar-refractivity contribution in [1.29, 1.82) is 0 Å². The first-order valence-electron chi connectivity index (χ1n) is 2.88. The first-order valence-corrected chi connectivity index (χ1v) is 4.00. The molecule has 0 aliphatic rings. The second-order valence-electron chi connectivity index (χ2n) is 1.99. The van der Waals surface area contributed by atoms with Crippen molar-refractivity contribution >= 4 is 21.6 Å². The van der Waals surface area contributed by atoms with E-state index in [1.807, 2.05) is 12.1 Å². The number of rotatable bonds is 1. The van der Waals surface area contributed by atoms with Crippen LogP contribution >= 0.6 is 15.9 Å². The first kappa shape index (κ1) is 7.41. The zero-order chi connectivity index (χ0) is 7.56. The number of halogens is 1. The van der Waals surface area contributed by atoms with Gasteiger partial charge >= 0.3 is 0 Å². The number of anilines is 1. The Labute approximate surface area is 67.8 Å². The van der Waals surface area contributed by atoms with E-state index in [-0.39, 0.29) is 5.75 Å². The predicted octanol–water partition coefficient (Wildman–Crippen LogP) is 1.87. The van der Waals surface area contributed by atoms with Gasteiger partial charge in [-0.15, -0.1) is 0 Å². The Morgan fingerprint density at radius 2 is 2.20 bits per heavy atom. The SMILES string of the molecule is Nc1cccc(CBr)c1O. The largest absolute Gasteiger partial charge is 0.505 e. The zero-order valence-electron chi connectivity index (χ0n) is 5.34. The van der Waals surface area contributed by atoms with Crippen LogP contribution in [0, 0.1) is 0 Å². The molecule has 1 rings (SSSR count). The number of nitrogen functional groups attached to an aromatic ring is 1. The fourth-order valence-corrected chi connectivity index (χ4v) is 1.17. The predicted molar refractivity (Wildman–Crippen MR) is 45.2 cm³/mol. The first-order chi connectivity index (χ1) is 4.75. The van der Waals surface area contributed by atoms with E-state index >= 15 is 0 Å². The minimum Gasteiger partial charge on any atom is -0.505 e. The molecule has 0 bridgehead atoms. The molecule has 54 valence electrons. The number of alkyl halides is 1. The zero-order valence-corrected chi connectivity index (χ0v) is 6.93. The lowest BCUT2D eigenvalue weighted by Crippen LogP contribution is -1.87. The highest BCUT2D eigenvalue weighted by Crippen LogP contribution is 2.25. The van der Waals surface area contributed by atoms with Gasteiger partial charge in [0.15, 0.2) is 0 Å². The summed E-state index contributed by atoms with van der Waals surface area (Å²) in [5.74, 6) is 0.180. The van der Waals surface area contributed by atoms with E-state index in [4.69, 9.17) is 5.73 Å². The van der Waals surface area contributed by atoms with Crippen LogP contribution in [-0.2, 0) is 5.33 Å². The summed E-state index contributed by atoms with van der Waals surface area (Å²) in [6, 6.07) is 5.30. The molecule has 2 nitrogen and oxygen atoms in total. The van der Waals surface area contributed by atoms with Crippen molar-refractivity contribution in [3.63, 3.8) is 0 Å². The summed E-state index contributed by atoms with van der Waals surface area (Å²) in [6.07, 6.45) is 0. The molecule has 1 aromatic rings. The normalized spacial score (nSPS) is 9.70. The maximum Gasteiger partial charge on any atom is 0.142 e. The molecule has 0 amide bonds. The van der Waals surface area contributed by atoms with Crippen LogP contribution in [0.4, 0.5) is 5.69 Å². The second-order valence-corrected chi connectivity index (χ2v) is 2.55. The fraction of sp³-hybridized carbons (Fsp3) is 0.143. The Hall–Kier alpha value is -0.700. The van der Waals surface area contributed by atoms with Gasteiger partial charge in [-0.05, 0) is 6.07 Å². The molecule has 0 saturated carbocycles. The van der Waals surface area contributed by atoms with E-state index < -0.39 is 0 Å². The van der Waals surface area contributed by atoms with Gasteiger partial charge in [-0.1, -0.05) is 28.1 Å². The topological polar surface area (TPSA) is 46.2 Å². The monoisotopic (exact) mass is 201 g/mol. The molecule has 0 aromatic heterocycles. The Bertz CT molecular complexity index is 237. The van der Waals surface area contributed by atoms with Gasteiger partial charge < -0.3 is 10.8 Å². The summed E-state index contributed by atoms with van der Waals surface area (Å²) < 4.78 is 0. The van der Waals surface area contributed by atoms with Crippen molar-refractivity contribution in [2.75, 3.05) is 5.73 Å². The number of hydrogen-bond acceptors (Lipinski definition) is 2. The number of phenolic OH excluding ortho intramolecular Hbond substituents is 1. The average molecular weight is 202 g/mol. The number of aromatic hydroxyl groups is 1. The van der Waals surface area contributed by atoms with Gasteiger partial charge in [0.25, 0.3) is 0 Å². The number of nitrogens with two attached hydrogens (primary N) is 1. The molecule has 3 heteroatoms. The third kappa shape index (κ3) is 1.24. The number of hydrogen-bond donors (Lipinski definition) is 2. The maximum absolute atomic E-state index is 9.24. The van der Waals surface area contributed by atoms with Crippen molar-refractivity contribution in [2.45, 2.75) is 5.33 Å². The van der Waals surface area contributed by atoms with Gasteiger partial charge in [0, 0.05) is 10.9 Å². The minimum absolute atomic E-state index is 0.180. The smallest absolute Gasteiger partial charge is 0.142 e. The third-order valence-corrected chi connectivity index (χ3v) is 1.90. The van der Waals surface area contributed by atoms with Gasteiger partial charge in [-0.25, -0.2) is 0 Å². The van der Waals surface area contributed by atoms with E-state index in [1.54, 1.807) is 6.07 Å². The molecule has 0 spiro atoms. The summed E-state index contributed by atoms with van der Waals surface area (Å²) in [4.78, 5) is 0. The molecular formula is C7H8BrNO. The van der Waals surface area contributed by atoms with E-state index in [0.29, 0.717) is 11.0 Å².